The van der Waals surface area contributed by atoms with Gasteiger partial charge < -0.3 is 15.7 Å². The summed E-state index contributed by atoms with van der Waals surface area (Å²) >= 11 is 0. The van der Waals surface area contributed by atoms with E-state index in [0.717, 1.165) is 13.0 Å². The normalized spacial score (nSPS) is 16.1. The SMILES string of the molecule is CCN(c1cccc(C)c1)C(C)CC(C)(N)CO. The second-order valence-corrected chi connectivity index (χ2v) is 5.49. The number of benzene rings is 1. The zero-order valence-electron chi connectivity index (χ0n) is 12.0. The summed E-state index contributed by atoms with van der Waals surface area (Å²) in [6.45, 7) is 9.25. The van der Waals surface area contributed by atoms with Gasteiger partial charge in [0.2, 0.25) is 0 Å². The molecule has 0 bridgehead atoms. The number of hydrogen-bond donors (Lipinski definition) is 2. The Kier molecular flexibility index (Phi) is 5.17. The summed E-state index contributed by atoms with van der Waals surface area (Å²) in [6.07, 6.45) is 0.769. The highest BCUT2D eigenvalue weighted by Gasteiger charge is 2.24. The molecule has 1 aromatic carbocycles. The highest BCUT2D eigenvalue weighted by molar-refractivity contribution is 5.49. The van der Waals surface area contributed by atoms with Crippen LogP contribution in [0.5, 0.6) is 0 Å². The molecule has 0 amide bonds. The first-order valence-corrected chi connectivity index (χ1v) is 6.62. The van der Waals surface area contributed by atoms with Gasteiger partial charge >= 0.3 is 0 Å². The van der Waals surface area contributed by atoms with Crippen molar-refractivity contribution in [1.82, 2.24) is 0 Å². The number of aliphatic hydroxyl groups excluding tert-OH is 1. The van der Waals surface area contributed by atoms with Gasteiger partial charge in [0, 0.05) is 23.8 Å². The molecule has 0 aliphatic carbocycles. The van der Waals surface area contributed by atoms with E-state index >= 15 is 0 Å². The molecule has 0 spiro atoms. The molecule has 0 fully saturated rings. The molecule has 1 aromatic rings. The van der Waals surface area contributed by atoms with E-state index in [1.807, 2.05) is 6.92 Å². The van der Waals surface area contributed by atoms with Crippen molar-refractivity contribution < 1.29 is 5.11 Å². The standard InChI is InChI=1S/C15H26N2O/c1-5-17(13(3)10-15(4,16)11-18)14-8-6-7-12(2)9-14/h6-9,13,18H,5,10-11,16H2,1-4H3. The van der Waals surface area contributed by atoms with Gasteiger partial charge in [0.15, 0.2) is 0 Å². The summed E-state index contributed by atoms with van der Waals surface area (Å²) in [4.78, 5) is 2.33. The average molecular weight is 250 g/mol. The molecule has 0 saturated carbocycles. The van der Waals surface area contributed by atoms with Crippen molar-refractivity contribution in [1.29, 1.82) is 0 Å². The van der Waals surface area contributed by atoms with Crippen LogP contribution in [0, 0.1) is 6.92 Å². The van der Waals surface area contributed by atoms with Gasteiger partial charge in [-0.1, -0.05) is 12.1 Å². The Morgan fingerprint density at radius 3 is 2.61 bits per heavy atom. The predicted octanol–water partition coefficient (Wildman–Crippen LogP) is 2.31. The first-order chi connectivity index (χ1) is 8.39. The summed E-state index contributed by atoms with van der Waals surface area (Å²) < 4.78 is 0. The monoisotopic (exact) mass is 250 g/mol. The first-order valence-electron chi connectivity index (χ1n) is 6.62. The van der Waals surface area contributed by atoms with Gasteiger partial charge in [0.05, 0.1) is 6.61 Å². The molecule has 18 heavy (non-hydrogen) atoms. The Morgan fingerprint density at radius 1 is 1.44 bits per heavy atom. The summed E-state index contributed by atoms with van der Waals surface area (Å²) in [5.41, 5.74) is 8.00. The Balaban J connectivity index is 2.83. The van der Waals surface area contributed by atoms with Crippen LogP contribution in [0.3, 0.4) is 0 Å². The van der Waals surface area contributed by atoms with E-state index in [1.165, 1.54) is 11.3 Å². The zero-order valence-corrected chi connectivity index (χ0v) is 12.0. The molecule has 3 nitrogen and oxygen atoms in total. The minimum absolute atomic E-state index is 0.0166. The number of aryl methyl sites for hydroxylation is 1. The molecule has 3 heteroatoms. The molecule has 2 atom stereocenters. The lowest BCUT2D eigenvalue weighted by molar-refractivity contribution is 0.193. The summed E-state index contributed by atoms with van der Waals surface area (Å²) in [5.74, 6) is 0. The van der Waals surface area contributed by atoms with E-state index in [1.54, 1.807) is 0 Å². The van der Waals surface area contributed by atoms with Crippen molar-refractivity contribution >= 4 is 5.69 Å². The van der Waals surface area contributed by atoms with Gasteiger partial charge in [-0.3, -0.25) is 0 Å². The van der Waals surface area contributed by atoms with Gasteiger partial charge in [-0.2, -0.15) is 0 Å². The van der Waals surface area contributed by atoms with Crippen LogP contribution in [0.4, 0.5) is 5.69 Å². The lowest BCUT2D eigenvalue weighted by Crippen LogP contribution is -2.47. The third-order valence-electron chi connectivity index (χ3n) is 3.33. The van der Waals surface area contributed by atoms with Crippen molar-refractivity contribution in [2.45, 2.75) is 45.7 Å². The molecule has 0 radical (unpaired) electrons. The van der Waals surface area contributed by atoms with Crippen molar-refractivity contribution in [3.63, 3.8) is 0 Å². The molecule has 102 valence electrons. The quantitative estimate of drug-likeness (QED) is 0.814. The second-order valence-electron chi connectivity index (χ2n) is 5.49. The number of nitrogens with two attached hydrogens (primary N) is 1. The van der Waals surface area contributed by atoms with Crippen molar-refractivity contribution in [3.05, 3.63) is 29.8 Å². The van der Waals surface area contributed by atoms with Gasteiger partial charge in [0.1, 0.15) is 0 Å². The Hall–Kier alpha value is -1.06. The molecule has 2 unspecified atom stereocenters. The average Bonchev–Trinajstić information content (AvgIpc) is 2.29. The van der Waals surface area contributed by atoms with Gasteiger partial charge in [-0.05, 0) is 51.8 Å². The maximum absolute atomic E-state index is 9.27. The summed E-state index contributed by atoms with van der Waals surface area (Å²) in [5, 5.41) is 9.27. The largest absolute Gasteiger partial charge is 0.394 e. The van der Waals surface area contributed by atoms with Gasteiger partial charge in [-0.25, -0.2) is 0 Å². The van der Waals surface area contributed by atoms with E-state index in [9.17, 15) is 5.11 Å². The number of aliphatic hydroxyl groups is 1. The Morgan fingerprint density at radius 2 is 2.11 bits per heavy atom. The van der Waals surface area contributed by atoms with Gasteiger partial charge in [-0.15, -0.1) is 0 Å². The first kappa shape index (κ1) is 15.0. The van der Waals surface area contributed by atoms with E-state index in [-0.39, 0.29) is 6.61 Å². The highest BCUT2D eigenvalue weighted by atomic mass is 16.3. The highest BCUT2D eigenvalue weighted by Crippen LogP contribution is 2.22. The minimum atomic E-state index is -0.517. The molecule has 0 aliphatic heterocycles. The van der Waals surface area contributed by atoms with Crippen molar-refractivity contribution in [2.24, 2.45) is 5.73 Å². The third kappa shape index (κ3) is 4.00. The maximum Gasteiger partial charge on any atom is 0.0609 e. The van der Waals surface area contributed by atoms with Crippen LogP contribution in [0.25, 0.3) is 0 Å². The van der Waals surface area contributed by atoms with Crippen LogP contribution >= 0.6 is 0 Å². The predicted molar refractivity (Wildman–Crippen MR) is 78.0 cm³/mol. The molecule has 0 saturated heterocycles. The molecular formula is C15H26N2O. The molecule has 0 aliphatic rings. The van der Waals surface area contributed by atoms with Crippen LogP contribution in [-0.4, -0.2) is 29.8 Å². The summed E-state index contributed by atoms with van der Waals surface area (Å²) in [6, 6.07) is 8.79. The topological polar surface area (TPSA) is 49.5 Å². The number of rotatable bonds is 6. The lowest BCUT2D eigenvalue weighted by Gasteiger charge is -2.35. The van der Waals surface area contributed by atoms with Crippen LogP contribution in [0.15, 0.2) is 24.3 Å². The Bertz CT molecular complexity index is 377. The fourth-order valence-electron chi connectivity index (χ4n) is 2.40. The molecule has 0 heterocycles. The van der Waals surface area contributed by atoms with E-state index in [4.69, 9.17) is 5.73 Å². The minimum Gasteiger partial charge on any atom is -0.394 e. The lowest BCUT2D eigenvalue weighted by atomic mass is 9.94. The fraction of sp³-hybridized carbons (Fsp3) is 0.600. The number of nitrogens with zero attached hydrogens (tertiary/aromatic N) is 1. The molecule has 3 N–H and O–H groups in total. The van der Waals surface area contributed by atoms with Crippen LogP contribution in [0.2, 0.25) is 0 Å². The smallest absolute Gasteiger partial charge is 0.0609 e. The second kappa shape index (κ2) is 6.21. The van der Waals surface area contributed by atoms with Gasteiger partial charge in [0.25, 0.3) is 0 Å². The zero-order chi connectivity index (χ0) is 13.8. The van der Waals surface area contributed by atoms with Crippen molar-refractivity contribution in [2.75, 3.05) is 18.1 Å². The number of hydrogen-bond acceptors (Lipinski definition) is 3. The fourth-order valence-corrected chi connectivity index (χ4v) is 2.40. The number of anilines is 1. The summed E-state index contributed by atoms with van der Waals surface area (Å²) in [7, 11) is 0. The van der Waals surface area contributed by atoms with Crippen LogP contribution in [-0.2, 0) is 0 Å². The third-order valence-corrected chi connectivity index (χ3v) is 3.33. The molecular weight excluding hydrogens is 224 g/mol. The van der Waals surface area contributed by atoms with E-state index < -0.39 is 5.54 Å². The van der Waals surface area contributed by atoms with E-state index in [2.05, 4.69) is 49.9 Å². The van der Waals surface area contributed by atoms with Crippen molar-refractivity contribution in [3.8, 4) is 0 Å². The Labute approximate surface area is 111 Å². The van der Waals surface area contributed by atoms with Crippen LogP contribution in [0.1, 0.15) is 32.8 Å². The van der Waals surface area contributed by atoms with E-state index in [0.29, 0.717) is 6.04 Å². The van der Waals surface area contributed by atoms with Crippen LogP contribution < -0.4 is 10.6 Å². The molecule has 1 rings (SSSR count). The maximum atomic E-state index is 9.27. The molecule has 0 aromatic heterocycles.